The molecule has 6 nitrogen and oxygen atoms in total. The van der Waals surface area contributed by atoms with Crippen molar-refractivity contribution in [3.8, 4) is 5.75 Å². The second-order valence-electron chi connectivity index (χ2n) is 6.60. The van der Waals surface area contributed by atoms with Crippen LogP contribution < -0.4 is 10.1 Å². The fraction of sp³-hybridized carbons (Fsp3) is 0.579. The minimum atomic E-state index is -0.122. The molecule has 0 bridgehead atoms. The van der Waals surface area contributed by atoms with Gasteiger partial charge >= 0.3 is 6.03 Å². The maximum atomic E-state index is 12.9. The zero-order valence-electron chi connectivity index (χ0n) is 15.6. The minimum absolute atomic E-state index is 0.0770. The number of anilines is 1. The lowest BCUT2D eigenvalue weighted by Gasteiger charge is -2.40. The Bertz CT molecular complexity index is 595. The number of carbonyl (C=O) groups is 2. The molecule has 0 atom stereocenters. The highest BCUT2D eigenvalue weighted by Gasteiger charge is 2.30. The van der Waals surface area contributed by atoms with Crippen LogP contribution in [-0.4, -0.2) is 53.5 Å². The average Bonchev–Trinajstić information content (AvgIpc) is 2.57. The Morgan fingerprint density at radius 1 is 1.28 bits per heavy atom. The van der Waals surface area contributed by atoms with Gasteiger partial charge in [0.05, 0.1) is 12.3 Å². The van der Waals surface area contributed by atoms with Crippen LogP contribution in [0.4, 0.5) is 10.5 Å². The van der Waals surface area contributed by atoms with E-state index in [2.05, 4.69) is 5.32 Å². The number of likely N-dealkylation sites (tertiary alicyclic amines) is 1. The first kappa shape index (κ1) is 19.1. The SMILES string of the molecule is CCOc1ccccc1NC(=O)N(C(C)C)C1CCN(C(C)=O)CC1. The van der Waals surface area contributed by atoms with E-state index in [-0.39, 0.29) is 24.0 Å². The highest BCUT2D eigenvalue weighted by Crippen LogP contribution is 2.26. The molecule has 1 aliphatic rings. The lowest BCUT2D eigenvalue weighted by atomic mass is 10.0. The first-order valence-corrected chi connectivity index (χ1v) is 9.00. The quantitative estimate of drug-likeness (QED) is 0.888. The zero-order chi connectivity index (χ0) is 18.4. The third-order valence-electron chi connectivity index (χ3n) is 4.52. The fourth-order valence-corrected chi connectivity index (χ4v) is 3.31. The Morgan fingerprint density at radius 2 is 1.92 bits per heavy atom. The molecule has 0 spiro atoms. The van der Waals surface area contributed by atoms with Gasteiger partial charge in [-0.1, -0.05) is 12.1 Å². The topological polar surface area (TPSA) is 61.9 Å². The first-order chi connectivity index (χ1) is 11.9. The normalized spacial score (nSPS) is 15.2. The molecule has 0 radical (unpaired) electrons. The number of amides is 3. The number of carbonyl (C=O) groups excluding carboxylic acids is 2. The van der Waals surface area contributed by atoms with Crippen LogP contribution in [0.15, 0.2) is 24.3 Å². The lowest BCUT2D eigenvalue weighted by Crippen LogP contribution is -2.52. The summed E-state index contributed by atoms with van der Waals surface area (Å²) in [6, 6.07) is 7.55. The standard InChI is InChI=1S/C19H29N3O3/c1-5-25-18-9-7-6-8-17(18)20-19(24)22(14(2)3)16-10-12-21(13-11-16)15(4)23/h6-9,14,16H,5,10-13H2,1-4H3,(H,20,24). The lowest BCUT2D eigenvalue weighted by molar-refractivity contribution is -0.130. The van der Waals surface area contributed by atoms with Crippen LogP contribution in [0, 0.1) is 0 Å². The summed E-state index contributed by atoms with van der Waals surface area (Å²) in [5, 5.41) is 2.99. The predicted octanol–water partition coefficient (Wildman–Crippen LogP) is 3.34. The molecule has 0 aromatic heterocycles. The van der Waals surface area contributed by atoms with E-state index in [9.17, 15) is 9.59 Å². The van der Waals surface area contributed by atoms with E-state index in [1.165, 1.54) is 0 Å². The Morgan fingerprint density at radius 3 is 2.48 bits per heavy atom. The van der Waals surface area contributed by atoms with E-state index in [0.29, 0.717) is 31.1 Å². The number of hydrogen-bond acceptors (Lipinski definition) is 3. The number of urea groups is 1. The number of hydrogen-bond donors (Lipinski definition) is 1. The van der Waals surface area contributed by atoms with Crippen molar-refractivity contribution >= 4 is 17.6 Å². The van der Waals surface area contributed by atoms with E-state index >= 15 is 0 Å². The number of rotatable bonds is 5. The van der Waals surface area contributed by atoms with Crippen molar-refractivity contribution in [2.75, 3.05) is 25.0 Å². The molecule has 138 valence electrons. The van der Waals surface area contributed by atoms with Crippen molar-refractivity contribution in [3.63, 3.8) is 0 Å². The summed E-state index contributed by atoms with van der Waals surface area (Å²) in [5.41, 5.74) is 0.682. The number of nitrogens with one attached hydrogen (secondary N) is 1. The molecule has 1 aromatic carbocycles. The maximum absolute atomic E-state index is 12.9. The van der Waals surface area contributed by atoms with E-state index in [1.54, 1.807) is 6.92 Å². The number of para-hydroxylation sites is 2. The Labute approximate surface area is 150 Å². The molecule has 1 aliphatic heterocycles. The van der Waals surface area contributed by atoms with E-state index in [4.69, 9.17) is 4.74 Å². The molecule has 1 aromatic rings. The molecule has 0 aliphatic carbocycles. The summed E-state index contributed by atoms with van der Waals surface area (Å²) in [4.78, 5) is 28.1. The maximum Gasteiger partial charge on any atom is 0.322 e. The van der Waals surface area contributed by atoms with Crippen LogP contribution >= 0.6 is 0 Å². The van der Waals surface area contributed by atoms with Crippen LogP contribution in [0.1, 0.15) is 40.5 Å². The smallest absolute Gasteiger partial charge is 0.322 e. The van der Waals surface area contributed by atoms with Gasteiger partial charge in [-0.05, 0) is 45.7 Å². The zero-order valence-corrected chi connectivity index (χ0v) is 15.6. The summed E-state index contributed by atoms with van der Waals surface area (Å²) in [5.74, 6) is 0.776. The van der Waals surface area contributed by atoms with Crippen LogP contribution in [0.5, 0.6) is 5.75 Å². The number of piperidine rings is 1. The van der Waals surface area contributed by atoms with Gasteiger partial charge in [0.15, 0.2) is 0 Å². The van der Waals surface area contributed by atoms with Crippen molar-refractivity contribution < 1.29 is 14.3 Å². The molecule has 1 N–H and O–H groups in total. The Balaban J connectivity index is 2.08. The Kier molecular flexibility index (Phi) is 6.67. The van der Waals surface area contributed by atoms with Crippen molar-refractivity contribution in [2.45, 2.75) is 52.6 Å². The van der Waals surface area contributed by atoms with Gasteiger partial charge in [0.1, 0.15) is 5.75 Å². The van der Waals surface area contributed by atoms with Gasteiger partial charge < -0.3 is 19.9 Å². The second-order valence-corrected chi connectivity index (χ2v) is 6.60. The minimum Gasteiger partial charge on any atom is -0.492 e. The van der Waals surface area contributed by atoms with Crippen LogP contribution in [0.3, 0.4) is 0 Å². The van der Waals surface area contributed by atoms with Gasteiger partial charge in [0.2, 0.25) is 5.91 Å². The van der Waals surface area contributed by atoms with Crippen molar-refractivity contribution in [2.24, 2.45) is 0 Å². The molecule has 6 heteroatoms. The molecular weight excluding hydrogens is 318 g/mol. The summed E-state index contributed by atoms with van der Waals surface area (Å²) < 4.78 is 5.59. The monoisotopic (exact) mass is 347 g/mol. The molecule has 25 heavy (non-hydrogen) atoms. The summed E-state index contributed by atoms with van der Waals surface area (Å²) >= 11 is 0. The van der Waals surface area contributed by atoms with Crippen LogP contribution in [-0.2, 0) is 4.79 Å². The number of ether oxygens (including phenoxy) is 1. The molecule has 0 unspecified atom stereocenters. The number of benzene rings is 1. The third kappa shape index (κ3) is 4.87. The van der Waals surface area contributed by atoms with Gasteiger partial charge in [0.25, 0.3) is 0 Å². The van der Waals surface area contributed by atoms with E-state index < -0.39 is 0 Å². The molecule has 1 heterocycles. The highest BCUT2D eigenvalue weighted by atomic mass is 16.5. The van der Waals surface area contributed by atoms with Crippen molar-refractivity contribution in [1.82, 2.24) is 9.80 Å². The molecular formula is C19H29N3O3. The van der Waals surface area contributed by atoms with Gasteiger partial charge in [0, 0.05) is 32.1 Å². The van der Waals surface area contributed by atoms with Gasteiger partial charge in [-0.2, -0.15) is 0 Å². The predicted molar refractivity (Wildman–Crippen MR) is 98.9 cm³/mol. The van der Waals surface area contributed by atoms with Crippen LogP contribution in [0.25, 0.3) is 0 Å². The third-order valence-corrected chi connectivity index (χ3v) is 4.52. The Hall–Kier alpha value is -2.24. The molecule has 2 rings (SSSR count). The van der Waals surface area contributed by atoms with Crippen LogP contribution in [0.2, 0.25) is 0 Å². The van der Waals surface area contributed by atoms with Gasteiger partial charge in [-0.3, -0.25) is 4.79 Å². The average molecular weight is 347 g/mol. The van der Waals surface area contributed by atoms with E-state index in [1.807, 2.05) is 54.8 Å². The summed E-state index contributed by atoms with van der Waals surface area (Å²) in [6.45, 7) is 9.50. The second kappa shape index (κ2) is 8.74. The largest absolute Gasteiger partial charge is 0.492 e. The summed E-state index contributed by atoms with van der Waals surface area (Å²) in [6.07, 6.45) is 1.61. The number of nitrogens with zero attached hydrogens (tertiary/aromatic N) is 2. The summed E-state index contributed by atoms with van der Waals surface area (Å²) in [7, 11) is 0. The van der Waals surface area contributed by atoms with Gasteiger partial charge in [-0.15, -0.1) is 0 Å². The molecule has 1 fully saturated rings. The molecule has 1 saturated heterocycles. The van der Waals surface area contributed by atoms with E-state index in [0.717, 1.165) is 12.8 Å². The fourth-order valence-electron chi connectivity index (χ4n) is 3.31. The molecule has 0 saturated carbocycles. The highest BCUT2D eigenvalue weighted by molar-refractivity contribution is 5.91. The van der Waals surface area contributed by atoms with Crippen molar-refractivity contribution in [3.05, 3.63) is 24.3 Å². The van der Waals surface area contributed by atoms with Crippen molar-refractivity contribution in [1.29, 1.82) is 0 Å². The first-order valence-electron chi connectivity index (χ1n) is 9.00. The molecule has 3 amide bonds. The van der Waals surface area contributed by atoms with Gasteiger partial charge in [-0.25, -0.2) is 4.79 Å².